The number of rotatable bonds is 1. The van der Waals surface area contributed by atoms with Crippen molar-refractivity contribution < 1.29 is 9.94 Å². The first-order valence-corrected chi connectivity index (χ1v) is 4.44. The van der Waals surface area contributed by atoms with E-state index in [-0.39, 0.29) is 0 Å². The fourth-order valence-corrected chi connectivity index (χ4v) is 1.47. The largest absolute Gasteiger partial charge is 0.285 e. The summed E-state index contributed by atoms with van der Waals surface area (Å²) in [7, 11) is 0. The summed E-state index contributed by atoms with van der Waals surface area (Å²) in [5.74, 6) is 0. The lowest BCUT2D eigenvalue weighted by Gasteiger charge is -1.96. The number of aromatic nitrogens is 1. The molecule has 66 valence electrons. The summed E-state index contributed by atoms with van der Waals surface area (Å²) in [5.41, 5.74) is 2.14. The van der Waals surface area contributed by atoms with Crippen molar-refractivity contribution in [3.05, 3.63) is 42.1 Å². The molecule has 0 bridgehead atoms. The van der Waals surface area contributed by atoms with E-state index in [1.54, 1.807) is 6.20 Å². The van der Waals surface area contributed by atoms with Crippen LogP contribution in [0.3, 0.4) is 0 Å². The van der Waals surface area contributed by atoms with Crippen LogP contribution in [0.5, 0.6) is 0 Å². The van der Waals surface area contributed by atoms with E-state index in [0.29, 0.717) is 0 Å². The Morgan fingerprint density at radius 2 is 2.15 bits per heavy atom. The lowest BCUT2D eigenvalue weighted by molar-refractivity contribution is -0.884. The Bertz CT molecular complexity index is 437. The molecule has 0 fully saturated rings. The summed E-state index contributed by atoms with van der Waals surface area (Å²) in [5, 5.41) is 10.5. The number of benzene rings is 1. The monoisotopic (exact) mass is 174 g/mol. The highest BCUT2D eigenvalue weighted by Crippen LogP contribution is 2.11. The zero-order valence-corrected chi connectivity index (χ0v) is 7.57. The minimum Gasteiger partial charge on any atom is -0.285 e. The molecule has 1 N–H and O–H groups in total. The summed E-state index contributed by atoms with van der Waals surface area (Å²) < 4.78 is 1.15. The molecule has 0 aliphatic heterocycles. The van der Waals surface area contributed by atoms with Crippen LogP contribution in [0.15, 0.2) is 36.5 Å². The maximum Gasteiger partial charge on any atom is 0.264 e. The maximum atomic E-state index is 9.45. The maximum absolute atomic E-state index is 9.45. The Hall–Kier alpha value is -1.57. The molecule has 2 aromatic rings. The van der Waals surface area contributed by atoms with Crippen LogP contribution < -0.4 is 4.73 Å². The van der Waals surface area contributed by atoms with Crippen LogP contribution >= 0.6 is 0 Å². The molecule has 1 aromatic heterocycles. The first-order valence-electron chi connectivity index (χ1n) is 4.44. The molecule has 0 unspecified atom stereocenters. The predicted octanol–water partition coefficient (Wildman–Crippen LogP) is 1.93. The minimum atomic E-state index is 0.847. The molecule has 2 heteroatoms. The van der Waals surface area contributed by atoms with Crippen LogP contribution in [0.4, 0.5) is 0 Å². The van der Waals surface area contributed by atoms with Crippen LogP contribution in [-0.2, 0) is 6.42 Å². The third kappa shape index (κ3) is 1.35. The van der Waals surface area contributed by atoms with Gasteiger partial charge in [0.25, 0.3) is 5.52 Å². The Labute approximate surface area is 77.0 Å². The van der Waals surface area contributed by atoms with Crippen molar-refractivity contribution in [3.8, 4) is 0 Å². The van der Waals surface area contributed by atoms with Gasteiger partial charge in [0, 0.05) is 16.9 Å². The highest BCUT2D eigenvalue weighted by Gasteiger charge is 2.05. The Morgan fingerprint density at radius 3 is 2.92 bits per heavy atom. The molecule has 2 nitrogen and oxygen atoms in total. The van der Waals surface area contributed by atoms with Crippen molar-refractivity contribution in [2.24, 2.45) is 0 Å². The quantitative estimate of drug-likeness (QED) is 0.518. The Balaban J connectivity index is 2.72. The second kappa shape index (κ2) is 3.05. The summed E-state index contributed by atoms with van der Waals surface area (Å²) in [6.07, 6.45) is 2.66. The molecule has 0 spiro atoms. The van der Waals surface area contributed by atoms with Gasteiger partial charge in [-0.1, -0.05) is 13.0 Å². The topological polar surface area (TPSA) is 24.1 Å². The average molecular weight is 174 g/mol. The molecule has 0 saturated heterocycles. The molecule has 13 heavy (non-hydrogen) atoms. The van der Waals surface area contributed by atoms with Crippen molar-refractivity contribution in [2.45, 2.75) is 13.3 Å². The zero-order valence-electron chi connectivity index (χ0n) is 7.57. The van der Waals surface area contributed by atoms with Gasteiger partial charge in [-0.15, -0.1) is 0 Å². The molecule has 1 aromatic carbocycles. The number of fused-ring (bicyclic) bond motifs is 1. The first kappa shape index (κ1) is 8.05. The van der Waals surface area contributed by atoms with Gasteiger partial charge < -0.3 is 0 Å². The number of aryl methyl sites for hydroxylation is 1. The molecule has 0 radical (unpaired) electrons. The lowest BCUT2D eigenvalue weighted by Crippen LogP contribution is -2.29. The van der Waals surface area contributed by atoms with Gasteiger partial charge in [-0.05, 0) is 24.1 Å². The SMILES string of the molecule is CCc1ccc2c(ccc[n+]2O)c1. The van der Waals surface area contributed by atoms with Crippen LogP contribution in [-0.4, -0.2) is 5.21 Å². The van der Waals surface area contributed by atoms with E-state index < -0.39 is 0 Å². The van der Waals surface area contributed by atoms with Gasteiger partial charge in [0.15, 0.2) is 0 Å². The van der Waals surface area contributed by atoms with Gasteiger partial charge in [-0.2, -0.15) is 0 Å². The fraction of sp³-hybridized carbons (Fsp3) is 0.182. The summed E-state index contributed by atoms with van der Waals surface area (Å²) in [6, 6.07) is 9.91. The van der Waals surface area contributed by atoms with Crippen LogP contribution in [0.1, 0.15) is 12.5 Å². The van der Waals surface area contributed by atoms with Crippen molar-refractivity contribution in [1.82, 2.24) is 0 Å². The van der Waals surface area contributed by atoms with E-state index in [2.05, 4.69) is 13.0 Å². The van der Waals surface area contributed by atoms with Gasteiger partial charge in [0.2, 0.25) is 6.20 Å². The number of pyridine rings is 1. The fourth-order valence-electron chi connectivity index (χ4n) is 1.47. The Kier molecular flexibility index (Phi) is 1.89. The number of hydrogen-bond acceptors (Lipinski definition) is 1. The van der Waals surface area contributed by atoms with Crippen molar-refractivity contribution in [1.29, 1.82) is 0 Å². The third-order valence-electron chi connectivity index (χ3n) is 2.25. The van der Waals surface area contributed by atoms with Crippen LogP contribution in [0.25, 0.3) is 10.9 Å². The molecule has 1 heterocycles. The summed E-state index contributed by atoms with van der Waals surface area (Å²) >= 11 is 0. The lowest BCUT2D eigenvalue weighted by atomic mass is 10.1. The van der Waals surface area contributed by atoms with E-state index >= 15 is 0 Å². The van der Waals surface area contributed by atoms with Gasteiger partial charge >= 0.3 is 0 Å². The highest BCUT2D eigenvalue weighted by molar-refractivity contribution is 5.76. The smallest absolute Gasteiger partial charge is 0.264 e. The molecule has 0 aliphatic rings. The van der Waals surface area contributed by atoms with Crippen molar-refractivity contribution in [3.63, 3.8) is 0 Å². The van der Waals surface area contributed by atoms with Crippen molar-refractivity contribution >= 4 is 10.9 Å². The van der Waals surface area contributed by atoms with Crippen molar-refractivity contribution in [2.75, 3.05) is 0 Å². The second-order valence-corrected chi connectivity index (χ2v) is 3.10. The molecular formula is C11H12NO+. The van der Waals surface area contributed by atoms with Gasteiger partial charge in [-0.25, -0.2) is 0 Å². The van der Waals surface area contributed by atoms with Gasteiger partial charge in [-0.3, -0.25) is 5.21 Å². The predicted molar refractivity (Wildman–Crippen MR) is 50.7 cm³/mol. The standard InChI is InChI=1S/C11H12NO/c1-2-9-5-6-11-10(8-9)4-3-7-12(11)13/h3-8,13H,2H2,1H3/q+1. The molecule has 0 aliphatic carbocycles. The first-order chi connectivity index (χ1) is 6.31. The van der Waals surface area contributed by atoms with E-state index in [0.717, 1.165) is 22.1 Å². The molecule has 0 atom stereocenters. The molecule has 0 saturated carbocycles. The average Bonchev–Trinajstić information content (AvgIpc) is 2.18. The Morgan fingerprint density at radius 1 is 1.31 bits per heavy atom. The highest BCUT2D eigenvalue weighted by atomic mass is 16.5. The second-order valence-electron chi connectivity index (χ2n) is 3.10. The summed E-state index contributed by atoms with van der Waals surface area (Å²) in [6.45, 7) is 2.12. The molecule has 0 amide bonds. The van der Waals surface area contributed by atoms with E-state index in [1.807, 2.05) is 24.3 Å². The third-order valence-corrected chi connectivity index (χ3v) is 2.25. The number of nitrogens with zero attached hydrogens (tertiary/aromatic N) is 1. The van der Waals surface area contributed by atoms with Gasteiger partial charge in [0.05, 0.1) is 5.39 Å². The molecular weight excluding hydrogens is 162 g/mol. The minimum absolute atomic E-state index is 0.847. The normalized spacial score (nSPS) is 10.5. The number of hydrogen-bond donors (Lipinski definition) is 1. The van der Waals surface area contributed by atoms with E-state index in [9.17, 15) is 5.21 Å². The van der Waals surface area contributed by atoms with Crippen LogP contribution in [0.2, 0.25) is 0 Å². The zero-order chi connectivity index (χ0) is 9.26. The van der Waals surface area contributed by atoms with Gasteiger partial charge in [0.1, 0.15) is 0 Å². The van der Waals surface area contributed by atoms with E-state index in [4.69, 9.17) is 0 Å². The summed E-state index contributed by atoms with van der Waals surface area (Å²) in [4.78, 5) is 0. The van der Waals surface area contributed by atoms with E-state index in [1.165, 1.54) is 5.56 Å². The van der Waals surface area contributed by atoms with Crippen LogP contribution in [0, 0.1) is 0 Å². The molecule has 2 rings (SSSR count).